The number of rotatable bonds is 10. The molecule has 168 valence electrons. The first-order valence-electron chi connectivity index (χ1n) is 11.3. The van der Waals surface area contributed by atoms with E-state index in [1.165, 1.54) is 12.8 Å². The Kier molecular flexibility index (Phi) is 8.35. The Bertz CT molecular complexity index is 852. The molecule has 5 nitrogen and oxygen atoms in total. The van der Waals surface area contributed by atoms with E-state index in [0.29, 0.717) is 28.0 Å². The van der Waals surface area contributed by atoms with E-state index in [9.17, 15) is 10.0 Å². The van der Waals surface area contributed by atoms with Crippen LogP contribution in [0.4, 0.5) is 11.4 Å². The second kappa shape index (κ2) is 11.0. The molecule has 0 saturated carbocycles. The molecule has 1 unspecified atom stereocenters. The third-order valence-electron chi connectivity index (χ3n) is 6.19. The Balaban J connectivity index is 1.56. The second-order valence-corrected chi connectivity index (χ2v) is 8.98. The lowest BCUT2D eigenvalue weighted by molar-refractivity contribution is 0.0247. The lowest BCUT2D eigenvalue weighted by atomic mass is 10.0. The number of amides is 1. The van der Waals surface area contributed by atoms with Crippen molar-refractivity contribution in [1.82, 2.24) is 9.80 Å². The summed E-state index contributed by atoms with van der Waals surface area (Å²) in [5.74, 6) is 0.794. The summed E-state index contributed by atoms with van der Waals surface area (Å²) in [6.45, 7) is 10.5. The minimum Gasteiger partial charge on any atom is -0.335 e. The van der Waals surface area contributed by atoms with E-state index in [1.54, 1.807) is 48.5 Å². The number of benzene rings is 2. The highest BCUT2D eigenvalue weighted by molar-refractivity contribution is 6.30. The summed E-state index contributed by atoms with van der Waals surface area (Å²) in [6, 6.07) is 14.5. The summed E-state index contributed by atoms with van der Waals surface area (Å²) in [4.78, 5) is 17.3. The molecule has 31 heavy (non-hydrogen) atoms. The van der Waals surface area contributed by atoms with Crippen LogP contribution in [0.3, 0.4) is 0 Å². The fourth-order valence-electron chi connectivity index (χ4n) is 3.89. The lowest BCUT2D eigenvalue weighted by Crippen LogP contribution is -2.61. The van der Waals surface area contributed by atoms with E-state index in [4.69, 9.17) is 11.6 Å². The maximum atomic E-state index is 12.9. The average Bonchev–Trinajstić information content (AvgIpc) is 2.75. The standard InChI is InChI=1S/C25H34ClN3O2/c1-4-14-27(15-13-19(3)5-2)24-17-28(18-24)25(30)20-9-11-22(12-10-20)29(31)23-8-6-7-21(26)16-23/h6-12,16,19,24,31H,4-5,13-15,17-18H2,1-3H3. The van der Waals surface area contributed by atoms with E-state index in [0.717, 1.165) is 43.6 Å². The molecule has 1 heterocycles. The van der Waals surface area contributed by atoms with Crippen LogP contribution in [-0.2, 0) is 0 Å². The highest BCUT2D eigenvalue weighted by Crippen LogP contribution is 2.27. The predicted molar refractivity (Wildman–Crippen MR) is 127 cm³/mol. The largest absolute Gasteiger partial charge is 0.335 e. The first kappa shape index (κ1) is 23.6. The van der Waals surface area contributed by atoms with Gasteiger partial charge in [0.2, 0.25) is 0 Å². The molecule has 0 spiro atoms. The molecule has 1 fully saturated rings. The summed E-state index contributed by atoms with van der Waals surface area (Å²) in [7, 11) is 0. The number of halogens is 1. The van der Waals surface area contributed by atoms with Gasteiger partial charge in [0.25, 0.3) is 5.91 Å². The van der Waals surface area contributed by atoms with Gasteiger partial charge < -0.3 is 4.90 Å². The summed E-state index contributed by atoms with van der Waals surface area (Å²) in [5.41, 5.74) is 1.80. The van der Waals surface area contributed by atoms with Gasteiger partial charge in [-0.1, -0.05) is 44.9 Å². The molecule has 1 aliphatic heterocycles. The van der Waals surface area contributed by atoms with Gasteiger partial charge in [0.05, 0.1) is 11.4 Å². The van der Waals surface area contributed by atoms with E-state index >= 15 is 0 Å². The number of hydrogen-bond donors (Lipinski definition) is 1. The van der Waals surface area contributed by atoms with Crippen LogP contribution >= 0.6 is 11.6 Å². The molecule has 1 aliphatic rings. The van der Waals surface area contributed by atoms with E-state index in [-0.39, 0.29) is 5.91 Å². The Labute approximate surface area is 191 Å². The van der Waals surface area contributed by atoms with Crippen LogP contribution in [0.15, 0.2) is 48.5 Å². The number of anilines is 2. The molecular formula is C25H34ClN3O2. The van der Waals surface area contributed by atoms with Crippen LogP contribution in [0, 0.1) is 5.92 Å². The van der Waals surface area contributed by atoms with Crippen LogP contribution in [0.2, 0.25) is 5.02 Å². The van der Waals surface area contributed by atoms with Gasteiger partial charge in [0.1, 0.15) is 0 Å². The lowest BCUT2D eigenvalue weighted by Gasteiger charge is -2.45. The number of hydrogen-bond acceptors (Lipinski definition) is 4. The van der Waals surface area contributed by atoms with Crippen LogP contribution in [0.25, 0.3) is 0 Å². The monoisotopic (exact) mass is 443 g/mol. The quantitative estimate of drug-likeness (QED) is 0.468. The molecule has 0 aromatic heterocycles. The first-order valence-corrected chi connectivity index (χ1v) is 11.7. The van der Waals surface area contributed by atoms with Crippen molar-refractivity contribution in [3.63, 3.8) is 0 Å². The second-order valence-electron chi connectivity index (χ2n) is 8.54. The summed E-state index contributed by atoms with van der Waals surface area (Å²) < 4.78 is 0. The van der Waals surface area contributed by atoms with Crippen molar-refractivity contribution < 1.29 is 10.0 Å². The molecule has 0 radical (unpaired) electrons. The van der Waals surface area contributed by atoms with Crippen LogP contribution < -0.4 is 5.06 Å². The van der Waals surface area contributed by atoms with Gasteiger partial charge in [-0.2, -0.15) is 0 Å². The van der Waals surface area contributed by atoms with Crippen molar-refractivity contribution in [3.05, 3.63) is 59.1 Å². The Morgan fingerprint density at radius 1 is 1.13 bits per heavy atom. The van der Waals surface area contributed by atoms with Crippen LogP contribution in [0.5, 0.6) is 0 Å². The molecule has 1 atom stereocenters. The van der Waals surface area contributed by atoms with Crippen LogP contribution in [-0.4, -0.2) is 53.1 Å². The zero-order valence-electron chi connectivity index (χ0n) is 18.8. The van der Waals surface area contributed by atoms with Gasteiger partial charge in [-0.05, 0) is 74.3 Å². The molecular weight excluding hydrogens is 410 g/mol. The van der Waals surface area contributed by atoms with E-state index in [2.05, 4.69) is 25.7 Å². The zero-order chi connectivity index (χ0) is 22.4. The zero-order valence-corrected chi connectivity index (χ0v) is 19.6. The molecule has 3 rings (SSSR count). The SMILES string of the molecule is CCCN(CCC(C)CC)C1CN(C(=O)c2ccc(N(O)c3cccc(Cl)c3)cc2)C1. The number of carbonyl (C=O) groups is 1. The van der Waals surface area contributed by atoms with Gasteiger partial charge in [0, 0.05) is 29.7 Å². The Morgan fingerprint density at radius 3 is 2.45 bits per heavy atom. The average molecular weight is 444 g/mol. The van der Waals surface area contributed by atoms with Crippen molar-refractivity contribution in [2.45, 2.75) is 46.1 Å². The highest BCUT2D eigenvalue weighted by atomic mass is 35.5. The van der Waals surface area contributed by atoms with Crippen LogP contribution in [0.1, 0.15) is 50.4 Å². The third-order valence-corrected chi connectivity index (χ3v) is 6.43. The smallest absolute Gasteiger partial charge is 0.253 e. The molecule has 1 saturated heterocycles. The van der Waals surface area contributed by atoms with Crippen molar-refractivity contribution in [2.75, 3.05) is 31.2 Å². The molecule has 0 aliphatic carbocycles. The first-order chi connectivity index (χ1) is 14.9. The topological polar surface area (TPSA) is 47.0 Å². The summed E-state index contributed by atoms with van der Waals surface area (Å²) in [6.07, 6.45) is 3.57. The molecule has 0 bridgehead atoms. The number of nitrogens with zero attached hydrogens (tertiary/aromatic N) is 3. The number of carbonyl (C=O) groups excluding carboxylic acids is 1. The van der Waals surface area contributed by atoms with Crippen molar-refractivity contribution in [2.24, 2.45) is 5.92 Å². The summed E-state index contributed by atoms with van der Waals surface area (Å²) in [5, 5.41) is 12.1. The molecule has 1 N–H and O–H groups in total. The molecule has 2 aromatic carbocycles. The fourth-order valence-corrected chi connectivity index (χ4v) is 4.08. The van der Waals surface area contributed by atoms with Crippen molar-refractivity contribution >= 4 is 28.9 Å². The van der Waals surface area contributed by atoms with Gasteiger partial charge in [0.15, 0.2) is 0 Å². The van der Waals surface area contributed by atoms with Gasteiger partial charge >= 0.3 is 0 Å². The maximum Gasteiger partial charge on any atom is 0.253 e. The fraction of sp³-hybridized carbons (Fsp3) is 0.480. The minimum atomic E-state index is 0.0495. The minimum absolute atomic E-state index is 0.0495. The van der Waals surface area contributed by atoms with Gasteiger partial charge in [-0.25, -0.2) is 5.06 Å². The third kappa shape index (κ3) is 6.00. The normalized spacial score (nSPS) is 15.1. The van der Waals surface area contributed by atoms with Crippen molar-refractivity contribution in [1.29, 1.82) is 0 Å². The molecule has 2 aromatic rings. The summed E-state index contributed by atoms with van der Waals surface area (Å²) >= 11 is 6.01. The van der Waals surface area contributed by atoms with Gasteiger partial charge in [-0.3, -0.25) is 14.9 Å². The van der Waals surface area contributed by atoms with E-state index in [1.807, 2.05) is 4.90 Å². The Hall–Kier alpha value is -2.08. The maximum absolute atomic E-state index is 12.9. The Morgan fingerprint density at radius 2 is 1.84 bits per heavy atom. The molecule has 1 amide bonds. The molecule has 6 heteroatoms. The highest BCUT2D eigenvalue weighted by Gasteiger charge is 2.34. The van der Waals surface area contributed by atoms with Crippen molar-refractivity contribution in [3.8, 4) is 0 Å². The van der Waals surface area contributed by atoms with E-state index < -0.39 is 0 Å². The number of likely N-dealkylation sites (tertiary alicyclic amines) is 1. The predicted octanol–water partition coefficient (Wildman–Crippen LogP) is 5.84. The van der Waals surface area contributed by atoms with Gasteiger partial charge in [-0.15, -0.1) is 0 Å².